The number of piperazine rings is 1. The largest absolute Gasteiger partial charge is 0.421 e. The van der Waals surface area contributed by atoms with E-state index in [1.807, 2.05) is 4.90 Å². The molecule has 0 bridgehead atoms. The van der Waals surface area contributed by atoms with Gasteiger partial charge in [0.1, 0.15) is 4.21 Å². The lowest BCUT2D eigenvalue weighted by Gasteiger charge is -2.43. The number of nitrogens with zero attached hydrogens (tertiary/aromatic N) is 3. The summed E-state index contributed by atoms with van der Waals surface area (Å²) in [4.78, 5) is 4.07. The van der Waals surface area contributed by atoms with Crippen LogP contribution in [-0.2, 0) is 15.6 Å². The summed E-state index contributed by atoms with van der Waals surface area (Å²) in [6, 6.07) is 8.58. The molecule has 2 aliphatic rings. The van der Waals surface area contributed by atoms with E-state index in [9.17, 15) is 31.8 Å². The number of aliphatic hydroxyl groups is 2. The van der Waals surface area contributed by atoms with Crippen LogP contribution in [0.4, 0.5) is 18.9 Å². The van der Waals surface area contributed by atoms with Crippen LogP contribution in [0.25, 0.3) is 0 Å². The van der Waals surface area contributed by atoms with Crippen molar-refractivity contribution in [3.8, 4) is 0 Å². The zero-order chi connectivity index (χ0) is 24.7. The van der Waals surface area contributed by atoms with Crippen LogP contribution < -0.4 is 4.90 Å². The molecule has 2 aliphatic heterocycles. The average Bonchev–Trinajstić information content (AvgIpc) is 3.45. The van der Waals surface area contributed by atoms with Crippen LogP contribution in [0.2, 0.25) is 0 Å². The molecule has 4 rings (SSSR count). The highest BCUT2D eigenvalue weighted by Crippen LogP contribution is 2.39. The molecule has 2 N–H and O–H groups in total. The summed E-state index contributed by atoms with van der Waals surface area (Å²) in [5.41, 5.74) is -2.58. The van der Waals surface area contributed by atoms with Crippen molar-refractivity contribution in [2.24, 2.45) is 0 Å². The van der Waals surface area contributed by atoms with E-state index in [-0.39, 0.29) is 28.9 Å². The van der Waals surface area contributed by atoms with Crippen molar-refractivity contribution in [1.82, 2.24) is 9.21 Å². The van der Waals surface area contributed by atoms with Gasteiger partial charge in [-0.2, -0.15) is 17.5 Å². The molecule has 2 fully saturated rings. The van der Waals surface area contributed by atoms with Gasteiger partial charge in [-0.25, -0.2) is 8.42 Å². The van der Waals surface area contributed by atoms with Gasteiger partial charge in [0.05, 0.1) is 12.1 Å². The minimum Gasteiger partial charge on any atom is -0.392 e. The number of aliphatic hydroxyl groups excluding tert-OH is 1. The van der Waals surface area contributed by atoms with Gasteiger partial charge in [-0.3, -0.25) is 4.90 Å². The van der Waals surface area contributed by atoms with Gasteiger partial charge in [-0.15, -0.1) is 11.3 Å². The molecule has 3 heterocycles. The third-order valence-corrected chi connectivity index (χ3v) is 9.80. The Bertz CT molecular complexity index is 1080. The number of hydrogen-bond acceptors (Lipinski definition) is 7. The van der Waals surface area contributed by atoms with E-state index in [0.29, 0.717) is 38.3 Å². The first-order valence-corrected chi connectivity index (χ1v) is 13.3. The molecule has 0 unspecified atom stereocenters. The molecular weight excluding hydrogens is 491 g/mol. The number of alkyl halides is 3. The minimum absolute atomic E-state index is 0.217. The predicted molar refractivity (Wildman–Crippen MR) is 123 cm³/mol. The second kappa shape index (κ2) is 9.40. The van der Waals surface area contributed by atoms with Gasteiger partial charge in [0.25, 0.3) is 10.0 Å². The molecule has 1 aromatic heterocycles. The maximum atomic E-state index is 13.2. The van der Waals surface area contributed by atoms with Gasteiger partial charge in [-0.1, -0.05) is 18.2 Å². The Kier molecular flexibility index (Phi) is 7.02. The van der Waals surface area contributed by atoms with Crippen molar-refractivity contribution in [3.63, 3.8) is 0 Å². The highest BCUT2D eigenvalue weighted by Gasteiger charge is 2.51. The highest BCUT2D eigenvalue weighted by atomic mass is 32.2. The Morgan fingerprint density at radius 3 is 2.35 bits per heavy atom. The van der Waals surface area contributed by atoms with Crippen LogP contribution in [0.5, 0.6) is 0 Å². The molecule has 0 radical (unpaired) electrons. The molecule has 0 amide bonds. The van der Waals surface area contributed by atoms with Crippen LogP contribution in [0.15, 0.2) is 46.0 Å². The predicted octanol–water partition coefficient (Wildman–Crippen LogP) is 2.46. The molecular formula is C22H28F3N3O4S2. The number of sulfonamides is 1. The Morgan fingerprint density at radius 2 is 1.79 bits per heavy atom. The number of halogens is 3. The summed E-state index contributed by atoms with van der Waals surface area (Å²) in [7, 11) is -3.64. The summed E-state index contributed by atoms with van der Waals surface area (Å²) in [5.74, 6) is 0. The molecule has 34 heavy (non-hydrogen) atoms. The number of rotatable bonds is 6. The van der Waals surface area contributed by atoms with Crippen LogP contribution in [-0.4, -0.2) is 85.4 Å². The fraction of sp³-hybridized carbons (Fsp3) is 0.545. The summed E-state index contributed by atoms with van der Waals surface area (Å²) >= 11 is 1.16. The Balaban J connectivity index is 1.58. The maximum Gasteiger partial charge on any atom is 0.421 e. The van der Waals surface area contributed by atoms with Crippen molar-refractivity contribution in [2.75, 3.05) is 44.2 Å². The number of benzene rings is 1. The molecule has 0 spiro atoms. The van der Waals surface area contributed by atoms with Crippen molar-refractivity contribution < 1.29 is 31.8 Å². The maximum absolute atomic E-state index is 13.2. The van der Waals surface area contributed by atoms with Crippen molar-refractivity contribution >= 4 is 27.0 Å². The first-order valence-electron chi connectivity index (χ1n) is 11.0. The van der Waals surface area contributed by atoms with E-state index in [0.717, 1.165) is 18.3 Å². The monoisotopic (exact) mass is 519 g/mol. The number of thiophene rings is 1. The molecule has 188 valence electrons. The van der Waals surface area contributed by atoms with E-state index in [2.05, 4.69) is 4.90 Å². The average molecular weight is 520 g/mol. The van der Waals surface area contributed by atoms with Crippen LogP contribution >= 0.6 is 11.3 Å². The SMILES string of the molecule is C[C@@](O)(c1ccc(N2CCN(S(=O)(=O)c3cccs3)C[C@H]2CN2CC[C@@H](O)C2)cc1)C(F)(F)F. The zero-order valence-corrected chi connectivity index (χ0v) is 20.3. The summed E-state index contributed by atoms with van der Waals surface area (Å²) in [6.45, 7) is 3.23. The molecule has 12 heteroatoms. The van der Waals surface area contributed by atoms with E-state index < -0.39 is 27.9 Å². The van der Waals surface area contributed by atoms with Gasteiger partial charge in [0, 0.05) is 45.0 Å². The molecule has 1 aromatic carbocycles. The van der Waals surface area contributed by atoms with E-state index in [4.69, 9.17) is 0 Å². The third-order valence-electron chi connectivity index (χ3n) is 6.56. The summed E-state index contributed by atoms with van der Waals surface area (Å²) in [6.07, 6.45) is -4.59. The Labute approximate surface area is 201 Å². The van der Waals surface area contributed by atoms with Crippen molar-refractivity contribution in [3.05, 3.63) is 47.3 Å². The fourth-order valence-corrected chi connectivity index (χ4v) is 7.11. The number of β-amino-alcohol motifs (C(OH)–C–C–N with tert-alkyl or cyclic N) is 1. The van der Waals surface area contributed by atoms with Crippen LogP contribution in [0, 0.1) is 0 Å². The number of anilines is 1. The zero-order valence-electron chi connectivity index (χ0n) is 18.6. The van der Waals surface area contributed by atoms with Gasteiger partial charge in [0.2, 0.25) is 0 Å². The normalized spacial score (nSPS) is 24.9. The smallest absolute Gasteiger partial charge is 0.392 e. The second-order valence-corrected chi connectivity index (χ2v) is 12.1. The first-order chi connectivity index (χ1) is 15.9. The molecule has 7 nitrogen and oxygen atoms in total. The number of hydrogen-bond donors (Lipinski definition) is 2. The van der Waals surface area contributed by atoms with Crippen molar-refractivity contribution in [1.29, 1.82) is 0 Å². The van der Waals surface area contributed by atoms with E-state index in [1.165, 1.54) is 28.6 Å². The van der Waals surface area contributed by atoms with Crippen LogP contribution in [0.3, 0.4) is 0 Å². The quantitative estimate of drug-likeness (QED) is 0.610. The second-order valence-electron chi connectivity index (χ2n) is 8.96. The van der Waals surface area contributed by atoms with Crippen LogP contribution in [0.1, 0.15) is 18.9 Å². The summed E-state index contributed by atoms with van der Waals surface area (Å²) in [5, 5.41) is 21.6. The highest BCUT2D eigenvalue weighted by molar-refractivity contribution is 7.91. The molecule has 2 saturated heterocycles. The van der Waals surface area contributed by atoms with Crippen molar-refractivity contribution in [2.45, 2.75) is 41.5 Å². The van der Waals surface area contributed by atoms with Gasteiger partial charge < -0.3 is 15.1 Å². The van der Waals surface area contributed by atoms with Gasteiger partial charge >= 0.3 is 6.18 Å². The molecule has 3 atom stereocenters. The first kappa shape index (κ1) is 25.4. The summed E-state index contributed by atoms with van der Waals surface area (Å²) < 4.78 is 67.6. The standard InChI is InChI=1S/C22H28F3N3O4S2/c1-21(30,22(23,24)25)16-4-6-17(7-5-16)28-11-10-27(34(31,32)20-3-2-12-33-20)14-18(28)13-26-9-8-19(29)15-26/h2-7,12,18-19,29-30H,8-11,13-15H2,1H3/t18-,19-,21-/m1/s1. The van der Waals surface area contributed by atoms with E-state index >= 15 is 0 Å². The fourth-order valence-electron chi connectivity index (χ4n) is 4.50. The number of likely N-dealkylation sites (tertiary alicyclic amines) is 1. The minimum atomic E-state index is -4.81. The lowest BCUT2D eigenvalue weighted by atomic mass is 9.95. The topological polar surface area (TPSA) is 84.3 Å². The lowest BCUT2D eigenvalue weighted by molar-refractivity contribution is -0.258. The van der Waals surface area contributed by atoms with Gasteiger partial charge in [-0.05, 0) is 42.5 Å². The van der Waals surface area contributed by atoms with E-state index in [1.54, 1.807) is 17.5 Å². The third kappa shape index (κ3) is 4.98. The molecule has 0 saturated carbocycles. The lowest BCUT2D eigenvalue weighted by Crippen LogP contribution is -2.58. The Morgan fingerprint density at radius 1 is 1.09 bits per heavy atom. The molecule has 2 aromatic rings. The molecule has 0 aliphatic carbocycles. The Hall–Kier alpha value is -1.70. The van der Waals surface area contributed by atoms with Gasteiger partial charge in [0.15, 0.2) is 5.60 Å².